The predicted molar refractivity (Wildman–Crippen MR) is 225 cm³/mol. The second kappa shape index (κ2) is 11.6. The van der Waals surface area contributed by atoms with Gasteiger partial charge in [-0.15, -0.1) is 0 Å². The summed E-state index contributed by atoms with van der Waals surface area (Å²) >= 11 is 0. The molecule has 0 amide bonds. The Morgan fingerprint density at radius 3 is 1.38 bits per heavy atom. The molecule has 0 aliphatic heterocycles. The van der Waals surface area contributed by atoms with Crippen molar-refractivity contribution in [3.63, 3.8) is 0 Å². The molecule has 246 valence electrons. The molecule has 53 heavy (non-hydrogen) atoms. The van der Waals surface area contributed by atoms with Gasteiger partial charge in [0.2, 0.25) is 0 Å². The van der Waals surface area contributed by atoms with E-state index < -0.39 is 5.41 Å². The van der Waals surface area contributed by atoms with Crippen LogP contribution in [0.2, 0.25) is 0 Å². The maximum absolute atomic E-state index is 2.43. The van der Waals surface area contributed by atoms with Crippen LogP contribution in [0.4, 0.5) is 0 Å². The van der Waals surface area contributed by atoms with Crippen molar-refractivity contribution in [3.05, 3.63) is 229 Å². The first-order valence-electron chi connectivity index (χ1n) is 18.5. The molecule has 0 bridgehead atoms. The van der Waals surface area contributed by atoms with Gasteiger partial charge in [-0.05, 0) is 111 Å². The van der Waals surface area contributed by atoms with E-state index in [1.54, 1.807) is 0 Å². The summed E-state index contributed by atoms with van der Waals surface area (Å²) in [6, 6.07) is 76.6. The number of benzene rings is 10. The van der Waals surface area contributed by atoms with Crippen LogP contribution in [0.3, 0.4) is 0 Å². The Morgan fingerprint density at radius 1 is 0.283 bits per heavy atom. The Kier molecular flexibility index (Phi) is 6.57. The highest BCUT2D eigenvalue weighted by molar-refractivity contribution is 6.22. The van der Waals surface area contributed by atoms with Crippen LogP contribution in [0, 0.1) is 0 Å². The maximum atomic E-state index is 2.43. The van der Waals surface area contributed by atoms with Crippen molar-refractivity contribution in [2.75, 3.05) is 0 Å². The highest BCUT2D eigenvalue weighted by Gasteiger charge is 2.46. The number of fused-ring (bicyclic) bond motifs is 8. The lowest BCUT2D eigenvalue weighted by Crippen LogP contribution is -2.28. The lowest BCUT2D eigenvalue weighted by molar-refractivity contribution is 0.775. The molecule has 0 heteroatoms. The molecular formula is C53H34. The largest absolute Gasteiger partial charge is 0.0719 e. The zero-order valence-electron chi connectivity index (χ0n) is 29.1. The second-order valence-corrected chi connectivity index (χ2v) is 14.4. The van der Waals surface area contributed by atoms with Crippen LogP contribution in [-0.2, 0) is 5.41 Å². The summed E-state index contributed by atoms with van der Waals surface area (Å²) in [6.45, 7) is 0. The fourth-order valence-electron chi connectivity index (χ4n) is 9.53. The van der Waals surface area contributed by atoms with Crippen LogP contribution in [-0.4, -0.2) is 0 Å². The molecule has 10 aromatic carbocycles. The van der Waals surface area contributed by atoms with Gasteiger partial charge >= 0.3 is 0 Å². The molecule has 0 radical (unpaired) electrons. The molecule has 0 saturated heterocycles. The fourth-order valence-corrected chi connectivity index (χ4v) is 9.53. The van der Waals surface area contributed by atoms with Crippen molar-refractivity contribution in [1.82, 2.24) is 0 Å². The zero-order chi connectivity index (χ0) is 34.9. The van der Waals surface area contributed by atoms with E-state index in [4.69, 9.17) is 0 Å². The highest BCUT2D eigenvalue weighted by Crippen LogP contribution is 2.58. The average Bonchev–Trinajstić information content (AvgIpc) is 3.54. The van der Waals surface area contributed by atoms with E-state index in [-0.39, 0.29) is 0 Å². The second-order valence-electron chi connectivity index (χ2n) is 14.4. The molecule has 0 atom stereocenters. The monoisotopic (exact) mass is 670 g/mol. The minimum Gasteiger partial charge on any atom is -0.0622 e. The van der Waals surface area contributed by atoms with Crippen LogP contribution < -0.4 is 0 Å². The molecule has 11 rings (SSSR count). The highest BCUT2D eigenvalue weighted by atomic mass is 14.5. The van der Waals surface area contributed by atoms with E-state index in [0.717, 1.165) is 0 Å². The normalized spacial score (nSPS) is 13.1. The Morgan fingerprint density at radius 2 is 0.755 bits per heavy atom. The van der Waals surface area contributed by atoms with Crippen LogP contribution in [0.1, 0.15) is 22.3 Å². The van der Waals surface area contributed by atoms with Gasteiger partial charge < -0.3 is 0 Å². The van der Waals surface area contributed by atoms with Gasteiger partial charge in [0.25, 0.3) is 0 Å². The molecule has 1 aliphatic carbocycles. The first-order valence-corrected chi connectivity index (χ1v) is 18.5. The third-order valence-corrected chi connectivity index (χ3v) is 11.7. The van der Waals surface area contributed by atoms with E-state index in [1.807, 2.05) is 0 Å². The summed E-state index contributed by atoms with van der Waals surface area (Å²) in [6.07, 6.45) is 0. The molecule has 0 spiro atoms. The summed E-state index contributed by atoms with van der Waals surface area (Å²) in [5.41, 5.74) is 12.5. The van der Waals surface area contributed by atoms with Crippen molar-refractivity contribution in [3.8, 4) is 33.4 Å². The van der Waals surface area contributed by atoms with Gasteiger partial charge in [0.05, 0.1) is 5.41 Å². The molecule has 0 heterocycles. The quantitative estimate of drug-likeness (QED) is 0.164. The minimum atomic E-state index is -0.448. The van der Waals surface area contributed by atoms with Crippen molar-refractivity contribution in [2.45, 2.75) is 5.41 Å². The molecule has 0 N–H and O–H groups in total. The number of hydrogen-bond acceptors (Lipinski definition) is 0. The molecule has 0 aromatic heterocycles. The van der Waals surface area contributed by atoms with E-state index in [1.165, 1.54) is 98.7 Å². The Balaban J connectivity index is 1.19. The van der Waals surface area contributed by atoms with Gasteiger partial charge in [-0.3, -0.25) is 0 Å². The standard InChI is InChI=1S/C53H34/c1-3-17-40(18-4-1)53(41-19-5-2-6-20-41)49-26-14-13-21-43(49)48-32-29-37-34-39(30-31-42(37)52(48)53)51-46-24-11-9-22-44(46)50(45-23-10-12-25-47(45)51)38-28-27-35-15-7-8-16-36(35)33-38/h1-34H. The first-order chi connectivity index (χ1) is 26.3. The van der Waals surface area contributed by atoms with Crippen LogP contribution >= 0.6 is 0 Å². The summed E-state index contributed by atoms with van der Waals surface area (Å²) in [7, 11) is 0. The minimum absolute atomic E-state index is 0.448. The van der Waals surface area contributed by atoms with Crippen LogP contribution in [0.5, 0.6) is 0 Å². The van der Waals surface area contributed by atoms with Gasteiger partial charge in [0.1, 0.15) is 0 Å². The summed E-state index contributed by atoms with van der Waals surface area (Å²) in [5, 5.41) is 10.1. The van der Waals surface area contributed by atoms with Gasteiger partial charge in [-0.2, -0.15) is 0 Å². The van der Waals surface area contributed by atoms with E-state index in [9.17, 15) is 0 Å². The maximum Gasteiger partial charge on any atom is 0.0719 e. The molecule has 0 unspecified atom stereocenters. The molecule has 10 aromatic rings. The van der Waals surface area contributed by atoms with Gasteiger partial charge in [-0.25, -0.2) is 0 Å². The molecule has 0 saturated carbocycles. The SMILES string of the molecule is c1ccc(C2(c3ccccc3)c3ccccc3-c3ccc4cc(-c5c6ccccc6c(-c6ccc7ccccc7c6)c6ccccc56)ccc4c32)cc1. The van der Waals surface area contributed by atoms with Gasteiger partial charge in [0, 0.05) is 0 Å². The van der Waals surface area contributed by atoms with Crippen molar-refractivity contribution in [1.29, 1.82) is 0 Å². The summed E-state index contributed by atoms with van der Waals surface area (Å²) < 4.78 is 0. The number of hydrogen-bond donors (Lipinski definition) is 0. The smallest absolute Gasteiger partial charge is 0.0622 e. The Bertz CT molecular complexity index is 2950. The van der Waals surface area contributed by atoms with Gasteiger partial charge in [-0.1, -0.05) is 194 Å². The Hall–Kier alpha value is -6.76. The lowest BCUT2D eigenvalue weighted by Gasteiger charge is -2.34. The third-order valence-electron chi connectivity index (χ3n) is 11.7. The van der Waals surface area contributed by atoms with Crippen molar-refractivity contribution in [2.24, 2.45) is 0 Å². The number of rotatable bonds is 4. The van der Waals surface area contributed by atoms with Gasteiger partial charge in [0.15, 0.2) is 0 Å². The average molecular weight is 671 g/mol. The van der Waals surface area contributed by atoms with Crippen LogP contribution in [0.25, 0.3) is 76.5 Å². The molecule has 1 aliphatic rings. The lowest BCUT2D eigenvalue weighted by atomic mass is 9.66. The summed E-state index contributed by atoms with van der Waals surface area (Å²) in [5.74, 6) is 0. The van der Waals surface area contributed by atoms with E-state index in [0.29, 0.717) is 0 Å². The third kappa shape index (κ3) is 4.30. The Labute approximate surface area is 309 Å². The van der Waals surface area contributed by atoms with Crippen molar-refractivity contribution < 1.29 is 0 Å². The van der Waals surface area contributed by atoms with Crippen LogP contribution in [0.15, 0.2) is 206 Å². The zero-order valence-corrected chi connectivity index (χ0v) is 29.1. The van der Waals surface area contributed by atoms with E-state index >= 15 is 0 Å². The molecular weight excluding hydrogens is 637 g/mol. The topological polar surface area (TPSA) is 0 Å². The molecule has 0 fully saturated rings. The fraction of sp³-hybridized carbons (Fsp3) is 0.0189. The summed E-state index contributed by atoms with van der Waals surface area (Å²) in [4.78, 5) is 0. The first kappa shape index (κ1) is 29.9. The van der Waals surface area contributed by atoms with E-state index in [2.05, 4.69) is 206 Å². The molecule has 0 nitrogen and oxygen atoms in total. The predicted octanol–water partition coefficient (Wildman–Crippen LogP) is 14.0. The van der Waals surface area contributed by atoms with Crippen molar-refractivity contribution >= 4 is 43.1 Å².